The highest BCUT2D eigenvalue weighted by Crippen LogP contribution is 2.27. The van der Waals surface area contributed by atoms with Gasteiger partial charge in [0.1, 0.15) is 5.82 Å². The minimum absolute atomic E-state index is 0.0180. The monoisotopic (exact) mass is 509 g/mol. The molecule has 10 heteroatoms. The Morgan fingerprint density at radius 2 is 2.03 bits per heavy atom. The normalized spacial score (nSPS) is 15.8. The van der Waals surface area contributed by atoms with E-state index in [9.17, 15) is 9.59 Å². The molecule has 36 heavy (non-hydrogen) atoms. The summed E-state index contributed by atoms with van der Waals surface area (Å²) in [6.07, 6.45) is 2.00. The van der Waals surface area contributed by atoms with Gasteiger partial charge in [-0.25, -0.2) is 14.6 Å². The Hall–Kier alpha value is -3.14. The zero-order chi connectivity index (χ0) is 25.8. The van der Waals surface area contributed by atoms with Crippen LogP contribution in [0, 0.1) is 25.7 Å². The van der Waals surface area contributed by atoms with Gasteiger partial charge in [-0.3, -0.25) is 9.59 Å². The van der Waals surface area contributed by atoms with Crippen LogP contribution in [0.2, 0.25) is 0 Å². The summed E-state index contributed by atoms with van der Waals surface area (Å²) >= 11 is 1.59. The summed E-state index contributed by atoms with van der Waals surface area (Å²) in [5, 5.41) is 12.5. The summed E-state index contributed by atoms with van der Waals surface area (Å²) in [7, 11) is 0. The van der Waals surface area contributed by atoms with Crippen LogP contribution in [0.15, 0.2) is 29.6 Å². The highest BCUT2D eigenvalue weighted by Gasteiger charge is 2.35. The average molecular weight is 510 g/mol. The predicted molar refractivity (Wildman–Crippen MR) is 144 cm³/mol. The molecule has 0 radical (unpaired) electrons. The first kappa shape index (κ1) is 25.9. The second-order valence-corrected chi connectivity index (χ2v) is 10.9. The second-order valence-electron chi connectivity index (χ2n) is 9.63. The van der Waals surface area contributed by atoms with Gasteiger partial charge >= 0.3 is 0 Å². The van der Waals surface area contributed by atoms with E-state index >= 15 is 0 Å². The number of fused-ring (bicyclic) bond motifs is 1. The lowest BCUT2D eigenvalue weighted by Crippen LogP contribution is -2.35. The smallest absolute Gasteiger partial charge is 0.227 e. The SMILES string of the molecule is CCSc1nc(NCC(C)C)c2cnn(CCNC(=O)C3CC(=O)N(c4ccc(C)c(C)c4)C3)c2n1. The largest absolute Gasteiger partial charge is 0.369 e. The molecular weight excluding hydrogens is 474 g/mol. The molecule has 1 aromatic carbocycles. The number of carbonyl (C=O) groups is 2. The van der Waals surface area contributed by atoms with Crippen LogP contribution in [0.4, 0.5) is 11.5 Å². The Bertz CT molecular complexity index is 1260. The summed E-state index contributed by atoms with van der Waals surface area (Å²) in [4.78, 5) is 36.6. The van der Waals surface area contributed by atoms with Gasteiger partial charge in [-0.05, 0) is 48.8 Å². The van der Waals surface area contributed by atoms with Crippen LogP contribution in [0.25, 0.3) is 11.0 Å². The highest BCUT2D eigenvalue weighted by molar-refractivity contribution is 7.99. The topological polar surface area (TPSA) is 105 Å². The van der Waals surface area contributed by atoms with Crippen molar-refractivity contribution < 1.29 is 9.59 Å². The standard InChI is InChI=1S/C26H35N7O2S/c1-6-36-26-30-23(28-13-16(2)3)21-14-29-33(24(21)31-26)10-9-27-25(35)19-12-22(34)32(15-19)20-8-7-17(4)18(5)11-20/h7-8,11,14,16,19H,6,9-10,12-13,15H2,1-5H3,(H,27,35)(H,28,30,31). The zero-order valence-electron chi connectivity index (χ0n) is 21.7. The fraction of sp³-hybridized carbons (Fsp3) is 0.500. The van der Waals surface area contributed by atoms with Gasteiger partial charge in [0.05, 0.1) is 24.0 Å². The van der Waals surface area contributed by atoms with Crippen LogP contribution in [0.1, 0.15) is 38.3 Å². The van der Waals surface area contributed by atoms with E-state index in [0.717, 1.165) is 40.4 Å². The maximum atomic E-state index is 12.9. The van der Waals surface area contributed by atoms with Gasteiger partial charge in [-0.15, -0.1) is 0 Å². The van der Waals surface area contributed by atoms with E-state index in [1.54, 1.807) is 27.5 Å². The van der Waals surface area contributed by atoms with Gasteiger partial charge in [0.25, 0.3) is 0 Å². The number of aryl methyl sites for hydroxylation is 2. The van der Waals surface area contributed by atoms with Gasteiger partial charge < -0.3 is 15.5 Å². The van der Waals surface area contributed by atoms with Crippen LogP contribution < -0.4 is 15.5 Å². The van der Waals surface area contributed by atoms with Crippen molar-refractivity contribution in [3.63, 3.8) is 0 Å². The molecule has 0 spiro atoms. The van der Waals surface area contributed by atoms with E-state index in [1.165, 1.54) is 5.56 Å². The van der Waals surface area contributed by atoms with Gasteiger partial charge in [-0.1, -0.05) is 38.6 Å². The molecule has 0 saturated carbocycles. The number of benzene rings is 1. The van der Waals surface area contributed by atoms with E-state index in [4.69, 9.17) is 4.98 Å². The minimum Gasteiger partial charge on any atom is -0.369 e. The van der Waals surface area contributed by atoms with Crippen LogP contribution >= 0.6 is 11.8 Å². The Morgan fingerprint density at radius 1 is 1.22 bits per heavy atom. The first-order valence-electron chi connectivity index (χ1n) is 12.5. The molecule has 0 aliphatic carbocycles. The lowest BCUT2D eigenvalue weighted by atomic mass is 10.1. The van der Waals surface area contributed by atoms with Gasteiger partial charge in [0.15, 0.2) is 10.8 Å². The van der Waals surface area contributed by atoms with E-state index in [-0.39, 0.29) is 24.2 Å². The number of nitrogens with zero attached hydrogens (tertiary/aromatic N) is 5. The minimum atomic E-state index is -0.366. The van der Waals surface area contributed by atoms with Crippen molar-refractivity contribution in [3.8, 4) is 0 Å². The maximum Gasteiger partial charge on any atom is 0.227 e. The third-order valence-electron chi connectivity index (χ3n) is 6.35. The number of hydrogen-bond donors (Lipinski definition) is 2. The molecule has 4 rings (SSSR count). The molecule has 1 saturated heterocycles. The van der Waals surface area contributed by atoms with Crippen molar-refractivity contribution in [2.45, 2.75) is 52.7 Å². The Balaban J connectivity index is 1.39. The zero-order valence-corrected chi connectivity index (χ0v) is 22.5. The van der Waals surface area contributed by atoms with Crippen molar-refractivity contribution in [1.29, 1.82) is 0 Å². The first-order chi connectivity index (χ1) is 17.3. The van der Waals surface area contributed by atoms with Crippen molar-refractivity contribution in [1.82, 2.24) is 25.1 Å². The number of carbonyl (C=O) groups excluding carboxylic acids is 2. The summed E-state index contributed by atoms with van der Waals surface area (Å²) in [6, 6.07) is 5.96. The molecular formula is C26H35N7O2S. The Labute approximate surface area is 216 Å². The molecule has 2 aromatic heterocycles. The second kappa shape index (κ2) is 11.3. The molecule has 1 unspecified atom stereocenters. The molecule has 0 bridgehead atoms. The van der Waals surface area contributed by atoms with Gasteiger partial charge in [0, 0.05) is 31.7 Å². The molecule has 192 valence electrons. The van der Waals surface area contributed by atoms with E-state index in [2.05, 4.69) is 41.5 Å². The maximum absolute atomic E-state index is 12.9. The number of rotatable bonds is 10. The summed E-state index contributed by atoms with van der Waals surface area (Å²) < 4.78 is 1.80. The Morgan fingerprint density at radius 3 is 2.75 bits per heavy atom. The summed E-state index contributed by atoms with van der Waals surface area (Å²) in [5.41, 5.74) is 3.91. The highest BCUT2D eigenvalue weighted by atomic mass is 32.2. The summed E-state index contributed by atoms with van der Waals surface area (Å²) in [6.45, 7) is 12.5. The first-order valence-corrected chi connectivity index (χ1v) is 13.5. The van der Waals surface area contributed by atoms with Crippen LogP contribution in [-0.2, 0) is 16.1 Å². The molecule has 3 aromatic rings. The third-order valence-corrected chi connectivity index (χ3v) is 7.08. The number of hydrogen-bond acceptors (Lipinski definition) is 7. The predicted octanol–water partition coefficient (Wildman–Crippen LogP) is 3.79. The van der Waals surface area contributed by atoms with Crippen LogP contribution in [-0.4, -0.2) is 56.9 Å². The van der Waals surface area contributed by atoms with Gasteiger partial charge in [-0.2, -0.15) is 5.10 Å². The molecule has 2 N–H and O–H groups in total. The number of aromatic nitrogens is 4. The van der Waals surface area contributed by atoms with Gasteiger partial charge in [0.2, 0.25) is 11.8 Å². The quantitative estimate of drug-likeness (QED) is 0.316. The number of amides is 2. The van der Waals surface area contributed by atoms with E-state index < -0.39 is 0 Å². The molecule has 3 heterocycles. The van der Waals surface area contributed by atoms with Crippen LogP contribution in [0.3, 0.4) is 0 Å². The lowest BCUT2D eigenvalue weighted by molar-refractivity contribution is -0.126. The van der Waals surface area contributed by atoms with Crippen LogP contribution in [0.5, 0.6) is 0 Å². The molecule has 2 amide bonds. The fourth-order valence-corrected chi connectivity index (χ4v) is 4.75. The lowest BCUT2D eigenvalue weighted by Gasteiger charge is -2.18. The van der Waals surface area contributed by atoms with Crippen molar-refractivity contribution >= 4 is 46.1 Å². The van der Waals surface area contributed by atoms with Crippen molar-refractivity contribution in [3.05, 3.63) is 35.5 Å². The molecule has 1 fully saturated rings. The number of nitrogens with one attached hydrogen (secondary N) is 2. The summed E-state index contributed by atoms with van der Waals surface area (Å²) in [5.74, 6) is 1.65. The number of thioether (sulfide) groups is 1. The Kier molecular flexibility index (Phi) is 8.13. The van der Waals surface area contributed by atoms with Crippen molar-refractivity contribution in [2.24, 2.45) is 11.8 Å². The third kappa shape index (κ3) is 5.80. The van der Waals surface area contributed by atoms with E-state index in [1.807, 2.05) is 32.0 Å². The van der Waals surface area contributed by atoms with E-state index in [0.29, 0.717) is 30.7 Å². The average Bonchev–Trinajstić information content (AvgIpc) is 3.43. The molecule has 1 atom stereocenters. The fourth-order valence-electron chi connectivity index (χ4n) is 4.18. The molecule has 9 nitrogen and oxygen atoms in total. The molecule has 1 aliphatic heterocycles. The van der Waals surface area contributed by atoms with Crippen molar-refractivity contribution in [2.75, 3.05) is 35.6 Å². The number of anilines is 2. The molecule has 1 aliphatic rings.